The highest BCUT2D eigenvalue weighted by atomic mass is 32.2. The zero-order valence-corrected chi connectivity index (χ0v) is 16.6. The van der Waals surface area contributed by atoms with Gasteiger partial charge in [-0.2, -0.15) is 0 Å². The minimum Gasteiger partial charge on any atom is -0.496 e. The lowest BCUT2D eigenvalue weighted by molar-refractivity contribution is 0.0960. The van der Waals surface area contributed by atoms with Gasteiger partial charge in [-0.3, -0.25) is 4.79 Å². The number of sulfonamides is 1. The third-order valence-corrected chi connectivity index (χ3v) is 5.27. The first-order valence-electron chi connectivity index (χ1n) is 8.37. The van der Waals surface area contributed by atoms with Crippen LogP contribution in [0.25, 0.3) is 0 Å². The van der Waals surface area contributed by atoms with Gasteiger partial charge in [-0.15, -0.1) is 0 Å². The van der Waals surface area contributed by atoms with Crippen LogP contribution in [0.2, 0.25) is 0 Å². The van der Waals surface area contributed by atoms with Crippen molar-refractivity contribution in [3.05, 3.63) is 53.1 Å². The molecule has 2 aromatic carbocycles. The Labute approximate surface area is 159 Å². The third kappa shape index (κ3) is 5.45. The highest BCUT2D eigenvalue weighted by Crippen LogP contribution is 2.22. The van der Waals surface area contributed by atoms with E-state index in [1.807, 2.05) is 32.0 Å². The molecule has 0 heterocycles. The average Bonchev–Trinajstić information content (AvgIpc) is 2.63. The van der Waals surface area contributed by atoms with Gasteiger partial charge in [-0.1, -0.05) is 6.07 Å². The van der Waals surface area contributed by atoms with E-state index in [4.69, 9.17) is 9.47 Å². The first-order chi connectivity index (χ1) is 12.8. The Balaban J connectivity index is 2.04. The molecule has 2 N–H and O–H groups in total. The summed E-state index contributed by atoms with van der Waals surface area (Å²) >= 11 is 0. The first kappa shape index (κ1) is 20.7. The van der Waals surface area contributed by atoms with Crippen LogP contribution >= 0.6 is 0 Å². The third-order valence-electron chi connectivity index (χ3n) is 3.81. The van der Waals surface area contributed by atoms with Crippen molar-refractivity contribution in [1.82, 2.24) is 10.0 Å². The smallest absolute Gasteiger partial charge is 0.254 e. The molecule has 1 amide bonds. The second-order valence-electron chi connectivity index (χ2n) is 6.01. The summed E-state index contributed by atoms with van der Waals surface area (Å²) in [4.78, 5) is 11.9. The SMILES string of the molecule is CNC(=O)c1cc(S(=O)(=O)NCCOc2cc(C)cc(C)c2)ccc1OC. The number of hydrogen-bond acceptors (Lipinski definition) is 5. The molecule has 8 heteroatoms. The number of rotatable bonds is 8. The van der Waals surface area contributed by atoms with Crippen molar-refractivity contribution < 1.29 is 22.7 Å². The van der Waals surface area contributed by atoms with Crippen LogP contribution in [-0.4, -0.2) is 41.6 Å². The van der Waals surface area contributed by atoms with Crippen LogP contribution in [0.4, 0.5) is 0 Å². The van der Waals surface area contributed by atoms with Gasteiger partial charge in [0.05, 0.1) is 17.6 Å². The molecule has 7 nitrogen and oxygen atoms in total. The lowest BCUT2D eigenvalue weighted by Gasteiger charge is -2.12. The van der Waals surface area contributed by atoms with Gasteiger partial charge in [0.15, 0.2) is 0 Å². The van der Waals surface area contributed by atoms with E-state index < -0.39 is 15.9 Å². The van der Waals surface area contributed by atoms with Crippen LogP contribution in [0.5, 0.6) is 11.5 Å². The van der Waals surface area contributed by atoms with Crippen molar-refractivity contribution >= 4 is 15.9 Å². The summed E-state index contributed by atoms with van der Waals surface area (Å²) in [6, 6.07) is 9.93. The number of aryl methyl sites for hydroxylation is 2. The Kier molecular flexibility index (Phi) is 6.81. The van der Waals surface area contributed by atoms with Gasteiger partial charge >= 0.3 is 0 Å². The molecule has 27 heavy (non-hydrogen) atoms. The number of ether oxygens (including phenoxy) is 2. The first-order valence-corrected chi connectivity index (χ1v) is 9.86. The van der Waals surface area contributed by atoms with Gasteiger partial charge in [0, 0.05) is 13.6 Å². The summed E-state index contributed by atoms with van der Waals surface area (Å²) in [5.41, 5.74) is 2.30. The molecule has 146 valence electrons. The highest BCUT2D eigenvalue weighted by Gasteiger charge is 2.19. The van der Waals surface area contributed by atoms with E-state index >= 15 is 0 Å². The normalized spacial score (nSPS) is 11.1. The van der Waals surface area contributed by atoms with Crippen LogP contribution in [-0.2, 0) is 10.0 Å². The molecule has 2 aromatic rings. The van der Waals surface area contributed by atoms with Crippen molar-refractivity contribution in [2.75, 3.05) is 27.3 Å². The molecule has 0 unspecified atom stereocenters. The van der Waals surface area contributed by atoms with Gasteiger partial charge < -0.3 is 14.8 Å². The van der Waals surface area contributed by atoms with Crippen molar-refractivity contribution in [2.24, 2.45) is 0 Å². The predicted octanol–water partition coefficient (Wildman–Crippen LogP) is 2.03. The highest BCUT2D eigenvalue weighted by molar-refractivity contribution is 7.89. The summed E-state index contributed by atoms with van der Waals surface area (Å²) < 4.78 is 38.1. The molecule has 0 fully saturated rings. The lowest BCUT2D eigenvalue weighted by Crippen LogP contribution is -2.28. The maximum atomic E-state index is 12.5. The summed E-state index contributed by atoms with van der Waals surface area (Å²) in [6.07, 6.45) is 0. The molecule has 0 aromatic heterocycles. The van der Waals surface area contributed by atoms with E-state index in [1.165, 1.54) is 32.4 Å². The number of amides is 1. The Morgan fingerprint density at radius 3 is 2.33 bits per heavy atom. The fourth-order valence-corrected chi connectivity index (χ4v) is 3.65. The number of methoxy groups -OCH3 is 1. The Morgan fingerprint density at radius 2 is 1.74 bits per heavy atom. The molecule has 0 saturated heterocycles. The molecule has 0 aliphatic carbocycles. The second-order valence-corrected chi connectivity index (χ2v) is 7.78. The van der Waals surface area contributed by atoms with Crippen LogP contribution in [0, 0.1) is 13.8 Å². The number of carbonyl (C=O) groups is 1. The summed E-state index contributed by atoms with van der Waals surface area (Å²) in [5.74, 6) is 0.562. The van der Waals surface area contributed by atoms with E-state index in [9.17, 15) is 13.2 Å². The second kappa shape index (κ2) is 8.88. The fraction of sp³-hybridized carbons (Fsp3) is 0.316. The Hall–Kier alpha value is -2.58. The topological polar surface area (TPSA) is 93.7 Å². The van der Waals surface area contributed by atoms with Crippen LogP contribution in [0.15, 0.2) is 41.3 Å². The molecule has 0 aliphatic rings. The minimum atomic E-state index is -3.79. The predicted molar refractivity (Wildman–Crippen MR) is 103 cm³/mol. The van der Waals surface area contributed by atoms with Crippen molar-refractivity contribution in [1.29, 1.82) is 0 Å². The molecule has 2 rings (SSSR count). The Morgan fingerprint density at radius 1 is 1.07 bits per heavy atom. The van der Waals surface area contributed by atoms with Gasteiger partial charge in [0.25, 0.3) is 5.91 Å². The van der Waals surface area contributed by atoms with Crippen molar-refractivity contribution in [2.45, 2.75) is 18.7 Å². The average molecular weight is 392 g/mol. The quantitative estimate of drug-likeness (QED) is 0.671. The molecular weight excluding hydrogens is 368 g/mol. The largest absolute Gasteiger partial charge is 0.496 e. The molecule has 0 spiro atoms. The summed E-state index contributed by atoms with van der Waals surface area (Å²) in [7, 11) is -0.907. The van der Waals surface area contributed by atoms with E-state index in [2.05, 4.69) is 10.0 Å². The fourth-order valence-electron chi connectivity index (χ4n) is 2.61. The standard InChI is InChI=1S/C19H24N2O5S/c1-13-9-14(2)11-15(10-13)26-8-7-21-27(23,24)16-5-6-18(25-4)17(12-16)19(22)20-3/h5-6,9-12,21H,7-8H2,1-4H3,(H,20,22). The summed E-state index contributed by atoms with van der Waals surface area (Å²) in [6.45, 7) is 4.21. The van der Waals surface area contributed by atoms with E-state index in [0.29, 0.717) is 11.5 Å². The molecular formula is C19H24N2O5S. The van der Waals surface area contributed by atoms with E-state index in [1.54, 1.807) is 0 Å². The van der Waals surface area contributed by atoms with E-state index in [0.717, 1.165) is 11.1 Å². The van der Waals surface area contributed by atoms with Crippen LogP contribution in [0.3, 0.4) is 0 Å². The van der Waals surface area contributed by atoms with Crippen LogP contribution in [0.1, 0.15) is 21.5 Å². The maximum absolute atomic E-state index is 12.5. The van der Waals surface area contributed by atoms with Crippen molar-refractivity contribution in [3.63, 3.8) is 0 Å². The van der Waals surface area contributed by atoms with Gasteiger partial charge in [-0.25, -0.2) is 13.1 Å². The minimum absolute atomic E-state index is 0.0201. The Bertz CT molecular complexity index is 905. The zero-order valence-electron chi connectivity index (χ0n) is 15.8. The van der Waals surface area contributed by atoms with Crippen molar-refractivity contribution in [3.8, 4) is 11.5 Å². The van der Waals surface area contributed by atoms with Gasteiger partial charge in [0.1, 0.15) is 18.1 Å². The monoisotopic (exact) mass is 392 g/mol. The van der Waals surface area contributed by atoms with Gasteiger partial charge in [-0.05, 0) is 55.3 Å². The number of hydrogen-bond donors (Lipinski definition) is 2. The number of carbonyl (C=O) groups excluding carboxylic acids is 1. The van der Waals surface area contributed by atoms with E-state index in [-0.39, 0.29) is 23.6 Å². The molecule has 0 aliphatic heterocycles. The van der Waals surface area contributed by atoms with Crippen LogP contribution < -0.4 is 19.5 Å². The molecule has 0 bridgehead atoms. The maximum Gasteiger partial charge on any atom is 0.254 e. The molecule has 0 radical (unpaired) electrons. The molecule has 0 saturated carbocycles. The summed E-state index contributed by atoms with van der Waals surface area (Å²) in [5, 5.41) is 2.46. The lowest BCUT2D eigenvalue weighted by atomic mass is 10.1. The van der Waals surface area contributed by atoms with Gasteiger partial charge in [0.2, 0.25) is 10.0 Å². The zero-order chi connectivity index (χ0) is 20.0. The molecule has 0 atom stereocenters. The number of nitrogens with one attached hydrogen (secondary N) is 2. The number of benzene rings is 2.